The monoisotopic (exact) mass is 793 g/mol. The standard InChI is InChI=1S/C41H68FN5O7S/c1-8-10-12-13-18-47(37(49)14-11-9-2)35(29(3)4)26-36(54-40(51)44-17-20-52-22-23-53-21-19-48)39-46-34(28-55-39)38(50)45-31(27-41(5,6)7)24-30-15-16-33(43)32(42)25-30/h15-16,25,28-29,31,35-36,48H,8-14,17-24,26-27,43H2,1-7H3,(H,44,51)(H,45,50). The number of carbonyl (C=O) groups excluding carboxylic acids is 3. The maximum absolute atomic E-state index is 14.3. The highest BCUT2D eigenvalue weighted by Crippen LogP contribution is 2.32. The Labute approximate surface area is 332 Å². The lowest BCUT2D eigenvalue weighted by Gasteiger charge is -2.36. The van der Waals surface area contributed by atoms with Crippen LogP contribution in [0.1, 0.15) is 133 Å². The molecule has 0 bridgehead atoms. The minimum Gasteiger partial charge on any atom is -0.439 e. The van der Waals surface area contributed by atoms with Crippen LogP contribution in [0, 0.1) is 17.2 Å². The van der Waals surface area contributed by atoms with Crippen molar-refractivity contribution in [3.8, 4) is 0 Å². The van der Waals surface area contributed by atoms with Gasteiger partial charge in [-0.25, -0.2) is 14.2 Å². The highest BCUT2D eigenvalue weighted by molar-refractivity contribution is 7.09. The minimum atomic E-state index is -0.841. The number of benzene rings is 1. The molecular weight excluding hydrogens is 726 g/mol. The molecule has 1 aromatic carbocycles. The lowest BCUT2D eigenvalue weighted by molar-refractivity contribution is -0.135. The molecule has 0 radical (unpaired) electrons. The van der Waals surface area contributed by atoms with Crippen LogP contribution in [0.3, 0.4) is 0 Å². The Hall–Kier alpha value is -3.33. The highest BCUT2D eigenvalue weighted by atomic mass is 32.1. The van der Waals surface area contributed by atoms with Gasteiger partial charge in [-0.15, -0.1) is 11.3 Å². The van der Waals surface area contributed by atoms with E-state index < -0.39 is 18.0 Å². The van der Waals surface area contributed by atoms with Crippen LogP contribution >= 0.6 is 11.3 Å². The second-order valence-corrected chi connectivity index (χ2v) is 16.5. The van der Waals surface area contributed by atoms with Crippen LogP contribution in [0.4, 0.5) is 14.9 Å². The summed E-state index contributed by atoms with van der Waals surface area (Å²) in [6, 6.07) is 4.13. The first-order chi connectivity index (χ1) is 26.2. The van der Waals surface area contributed by atoms with Gasteiger partial charge in [-0.3, -0.25) is 9.59 Å². The lowest BCUT2D eigenvalue weighted by atomic mass is 9.85. The number of nitrogens with zero attached hydrogens (tertiary/aromatic N) is 2. The maximum Gasteiger partial charge on any atom is 0.407 e. The fourth-order valence-electron chi connectivity index (χ4n) is 6.31. The number of aliphatic hydroxyl groups is 1. The second-order valence-electron chi connectivity index (χ2n) is 15.6. The first-order valence-corrected chi connectivity index (χ1v) is 20.9. The number of rotatable bonds is 27. The van der Waals surface area contributed by atoms with Crippen LogP contribution < -0.4 is 16.4 Å². The predicted octanol–water partition coefficient (Wildman–Crippen LogP) is 7.45. The van der Waals surface area contributed by atoms with Crippen molar-refractivity contribution in [2.45, 2.75) is 131 Å². The van der Waals surface area contributed by atoms with Gasteiger partial charge in [0.15, 0.2) is 6.10 Å². The number of nitrogens with two attached hydrogens (primary N) is 1. The van der Waals surface area contributed by atoms with E-state index in [2.05, 4.69) is 59.1 Å². The molecule has 1 heterocycles. The van der Waals surface area contributed by atoms with E-state index in [0.29, 0.717) is 56.0 Å². The van der Waals surface area contributed by atoms with E-state index in [-0.39, 0.29) is 73.0 Å². The zero-order valence-corrected chi connectivity index (χ0v) is 35.1. The molecular formula is C41H68FN5O7S. The summed E-state index contributed by atoms with van der Waals surface area (Å²) in [4.78, 5) is 47.3. The molecule has 0 spiro atoms. The SMILES string of the molecule is CCCCCCN(C(=O)CCCC)C(CC(OC(=O)NCCOCCOCCO)c1nc(C(=O)NC(Cc2ccc(N)c(F)c2)CC(C)(C)C)cs1)C(C)C. The van der Waals surface area contributed by atoms with Gasteiger partial charge in [0.1, 0.15) is 16.5 Å². The molecule has 312 valence electrons. The van der Waals surface area contributed by atoms with Crippen molar-refractivity contribution in [1.29, 1.82) is 0 Å². The normalized spacial score (nSPS) is 13.3. The van der Waals surface area contributed by atoms with Gasteiger partial charge in [0.25, 0.3) is 5.91 Å². The molecule has 2 rings (SSSR count). The number of unbranched alkanes of at least 4 members (excludes halogenated alkanes) is 4. The molecule has 14 heteroatoms. The molecule has 55 heavy (non-hydrogen) atoms. The molecule has 1 aromatic heterocycles. The summed E-state index contributed by atoms with van der Waals surface area (Å²) in [7, 11) is 0. The number of carbonyl (C=O) groups is 3. The van der Waals surface area contributed by atoms with Crippen LogP contribution in [0.5, 0.6) is 0 Å². The summed E-state index contributed by atoms with van der Waals surface area (Å²) < 4.78 is 31.0. The number of hydrogen-bond acceptors (Lipinski definition) is 10. The lowest BCUT2D eigenvalue weighted by Crippen LogP contribution is -2.45. The molecule has 0 aliphatic carbocycles. The van der Waals surface area contributed by atoms with E-state index in [4.69, 9.17) is 30.0 Å². The highest BCUT2D eigenvalue weighted by Gasteiger charge is 2.33. The number of alkyl carbamates (subject to hydrolysis) is 1. The summed E-state index contributed by atoms with van der Waals surface area (Å²) in [5, 5.41) is 16.8. The third-order valence-electron chi connectivity index (χ3n) is 9.09. The largest absolute Gasteiger partial charge is 0.439 e. The Bertz CT molecular complexity index is 1420. The Morgan fingerprint density at radius 2 is 1.73 bits per heavy atom. The fourth-order valence-corrected chi connectivity index (χ4v) is 7.15. The van der Waals surface area contributed by atoms with Gasteiger partial charge in [0.2, 0.25) is 5.91 Å². The zero-order chi connectivity index (χ0) is 40.8. The van der Waals surface area contributed by atoms with Crippen molar-refractivity contribution in [1.82, 2.24) is 20.5 Å². The minimum absolute atomic E-state index is 0.0476. The van der Waals surface area contributed by atoms with Crippen molar-refractivity contribution in [3.05, 3.63) is 45.7 Å². The van der Waals surface area contributed by atoms with Crippen molar-refractivity contribution < 1.29 is 38.1 Å². The molecule has 0 saturated carbocycles. The average Bonchev–Trinajstić information content (AvgIpc) is 3.62. The quantitative estimate of drug-likeness (QED) is 0.0531. The molecule has 0 aliphatic rings. The van der Waals surface area contributed by atoms with Crippen molar-refractivity contribution >= 4 is 34.9 Å². The third-order valence-corrected chi connectivity index (χ3v) is 10.0. The first-order valence-electron chi connectivity index (χ1n) is 20.0. The summed E-state index contributed by atoms with van der Waals surface area (Å²) in [6.45, 7) is 16.4. The number of nitrogen functional groups attached to an aromatic ring is 1. The number of ether oxygens (including phenoxy) is 3. The van der Waals surface area contributed by atoms with E-state index in [1.165, 1.54) is 23.5 Å². The molecule has 3 unspecified atom stereocenters. The van der Waals surface area contributed by atoms with E-state index >= 15 is 0 Å². The first kappa shape index (κ1) is 47.8. The van der Waals surface area contributed by atoms with Crippen LogP contribution in [0.15, 0.2) is 23.6 Å². The van der Waals surface area contributed by atoms with Gasteiger partial charge < -0.3 is 40.6 Å². The number of aromatic nitrogens is 1. The van der Waals surface area contributed by atoms with Crippen LogP contribution in [0.2, 0.25) is 0 Å². The average molecular weight is 794 g/mol. The predicted molar refractivity (Wildman–Crippen MR) is 217 cm³/mol. The van der Waals surface area contributed by atoms with Gasteiger partial charge in [0, 0.05) is 43.4 Å². The maximum atomic E-state index is 14.3. The Morgan fingerprint density at radius 3 is 2.36 bits per heavy atom. The van der Waals surface area contributed by atoms with E-state index in [1.54, 1.807) is 11.4 Å². The molecule has 0 aliphatic heterocycles. The van der Waals surface area contributed by atoms with Crippen LogP contribution in [-0.4, -0.2) is 91.1 Å². The molecule has 5 N–H and O–H groups in total. The number of anilines is 1. The summed E-state index contributed by atoms with van der Waals surface area (Å²) in [6.07, 6.45) is 6.05. The van der Waals surface area contributed by atoms with Gasteiger partial charge >= 0.3 is 6.09 Å². The molecule has 0 saturated heterocycles. The molecule has 12 nitrogen and oxygen atoms in total. The Kier molecular flexibility index (Phi) is 22.4. The van der Waals surface area contributed by atoms with Gasteiger partial charge in [-0.05, 0) is 54.7 Å². The van der Waals surface area contributed by atoms with Gasteiger partial charge in [-0.1, -0.05) is 80.2 Å². The van der Waals surface area contributed by atoms with Crippen LogP contribution in [0.25, 0.3) is 0 Å². The zero-order valence-electron chi connectivity index (χ0n) is 34.3. The van der Waals surface area contributed by atoms with E-state index in [0.717, 1.165) is 38.5 Å². The summed E-state index contributed by atoms with van der Waals surface area (Å²) in [5.74, 6) is -0.749. The number of thiazole rings is 1. The number of halogens is 1. The number of aliphatic hydroxyl groups excluding tert-OH is 1. The fraction of sp³-hybridized carbons (Fsp3) is 0.707. The second kappa shape index (κ2) is 25.8. The van der Waals surface area contributed by atoms with E-state index in [1.807, 2.05) is 4.90 Å². The Morgan fingerprint density at radius 1 is 1.02 bits per heavy atom. The van der Waals surface area contributed by atoms with Crippen molar-refractivity contribution in [2.24, 2.45) is 11.3 Å². The van der Waals surface area contributed by atoms with Crippen LogP contribution in [-0.2, 0) is 25.4 Å². The van der Waals surface area contributed by atoms with Crippen molar-refractivity contribution in [3.63, 3.8) is 0 Å². The number of nitrogens with one attached hydrogen (secondary N) is 2. The summed E-state index contributed by atoms with van der Waals surface area (Å²) in [5.41, 5.74) is 6.53. The van der Waals surface area contributed by atoms with Crippen molar-refractivity contribution in [2.75, 3.05) is 51.9 Å². The number of amides is 3. The molecule has 2 aromatic rings. The molecule has 0 fully saturated rings. The molecule has 3 amide bonds. The van der Waals surface area contributed by atoms with E-state index in [9.17, 15) is 18.8 Å². The summed E-state index contributed by atoms with van der Waals surface area (Å²) >= 11 is 1.23. The number of hydrogen-bond donors (Lipinski definition) is 4. The Balaban J connectivity index is 2.34. The topological polar surface area (TPSA) is 165 Å². The third kappa shape index (κ3) is 18.9. The van der Waals surface area contributed by atoms with Gasteiger partial charge in [0.05, 0.1) is 38.7 Å². The molecule has 3 atom stereocenters. The van der Waals surface area contributed by atoms with Gasteiger partial charge in [-0.2, -0.15) is 0 Å². The smallest absolute Gasteiger partial charge is 0.407 e.